The van der Waals surface area contributed by atoms with Crippen molar-refractivity contribution in [1.29, 1.82) is 0 Å². The van der Waals surface area contributed by atoms with Crippen molar-refractivity contribution in [3.05, 3.63) is 41.8 Å². The Kier molecular flexibility index (Phi) is 2.22. The number of rotatable bonds is 1. The molecule has 0 atom stereocenters. The fourth-order valence-corrected chi connectivity index (χ4v) is 1.78. The van der Waals surface area contributed by atoms with Gasteiger partial charge in [0.05, 0.1) is 11.4 Å². The second kappa shape index (κ2) is 3.76. The number of fused-ring (bicyclic) bond motifs is 1. The standard InChI is InChI=1S/C12H10FN5/c1-7-5-6-10-15-16-12(18(10)17-7)8-3-2-4-9(13)11(8)14/h2-6H,14H2,1H3. The van der Waals surface area contributed by atoms with Crippen molar-refractivity contribution in [1.82, 2.24) is 19.8 Å². The molecule has 0 aliphatic heterocycles. The third-order valence-corrected chi connectivity index (χ3v) is 2.69. The molecule has 2 N–H and O–H groups in total. The Morgan fingerprint density at radius 1 is 1.17 bits per heavy atom. The van der Waals surface area contributed by atoms with E-state index >= 15 is 0 Å². The molecule has 0 saturated carbocycles. The summed E-state index contributed by atoms with van der Waals surface area (Å²) in [4.78, 5) is 0. The lowest BCUT2D eigenvalue weighted by Crippen LogP contribution is -2.00. The summed E-state index contributed by atoms with van der Waals surface area (Å²) in [6, 6.07) is 8.22. The molecule has 1 aromatic carbocycles. The molecule has 2 aromatic heterocycles. The van der Waals surface area contributed by atoms with Gasteiger partial charge >= 0.3 is 0 Å². The second-order valence-electron chi connectivity index (χ2n) is 3.97. The van der Waals surface area contributed by atoms with Crippen LogP contribution in [0.2, 0.25) is 0 Å². The van der Waals surface area contributed by atoms with Gasteiger partial charge in [-0.1, -0.05) is 6.07 Å². The van der Waals surface area contributed by atoms with Crippen molar-refractivity contribution < 1.29 is 4.39 Å². The van der Waals surface area contributed by atoms with Gasteiger partial charge < -0.3 is 5.73 Å². The summed E-state index contributed by atoms with van der Waals surface area (Å²) in [5, 5.41) is 12.3. The molecule has 0 radical (unpaired) electrons. The summed E-state index contributed by atoms with van der Waals surface area (Å²) < 4.78 is 15.0. The summed E-state index contributed by atoms with van der Waals surface area (Å²) in [5.41, 5.74) is 7.67. The van der Waals surface area contributed by atoms with Crippen LogP contribution in [0, 0.1) is 12.7 Å². The fourth-order valence-electron chi connectivity index (χ4n) is 1.78. The summed E-state index contributed by atoms with van der Waals surface area (Å²) in [6.07, 6.45) is 0. The van der Waals surface area contributed by atoms with Crippen LogP contribution in [0.5, 0.6) is 0 Å². The Labute approximate surface area is 102 Å². The van der Waals surface area contributed by atoms with Crippen LogP contribution < -0.4 is 5.73 Å². The molecule has 0 aliphatic carbocycles. The lowest BCUT2D eigenvalue weighted by Gasteiger charge is -2.04. The molecule has 6 heteroatoms. The van der Waals surface area contributed by atoms with E-state index in [2.05, 4.69) is 15.3 Å². The van der Waals surface area contributed by atoms with Crippen molar-refractivity contribution in [2.45, 2.75) is 6.92 Å². The molecule has 0 spiro atoms. The number of benzene rings is 1. The van der Waals surface area contributed by atoms with Crippen LogP contribution >= 0.6 is 0 Å². The van der Waals surface area contributed by atoms with E-state index in [0.717, 1.165) is 5.69 Å². The Bertz CT molecular complexity index is 734. The number of nitrogens with zero attached hydrogens (tertiary/aromatic N) is 4. The van der Waals surface area contributed by atoms with Gasteiger partial charge in [-0.3, -0.25) is 0 Å². The summed E-state index contributed by atoms with van der Waals surface area (Å²) in [7, 11) is 0. The van der Waals surface area contributed by atoms with Crippen molar-refractivity contribution in [2.24, 2.45) is 0 Å². The highest BCUT2D eigenvalue weighted by atomic mass is 19.1. The summed E-state index contributed by atoms with van der Waals surface area (Å²) in [5.74, 6) is -0.0393. The number of nitrogen functional groups attached to an aromatic ring is 1. The number of hydrogen-bond donors (Lipinski definition) is 1. The predicted molar refractivity (Wildman–Crippen MR) is 65.3 cm³/mol. The van der Waals surface area contributed by atoms with Gasteiger partial charge in [-0.25, -0.2) is 4.39 Å². The third-order valence-electron chi connectivity index (χ3n) is 2.69. The lowest BCUT2D eigenvalue weighted by atomic mass is 10.1. The molecule has 0 aliphatic rings. The zero-order valence-electron chi connectivity index (χ0n) is 9.63. The number of anilines is 1. The number of aryl methyl sites for hydroxylation is 1. The van der Waals surface area contributed by atoms with Gasteiger partial charge in [0.2, 0.25) is 0 Å². The monoisotopic (exact) mass is 243 g/mol. The molecular formula is C12H10FN5. The highest BCUT2D eigenvalue weighted by Gasteiger charge is 2.14. The predicted octanol–water partition coefficient (Wildman–Crippen LogP) is 1.82. The van der Waals surface area contributed by atoms with Crippen LogP contribution in [0.25, 0.3) is 17.0 Å². The van der Waals surface area contributed by atoms with E-state index < -0.39 is 5.82 Å². The molecule has 5 nitrogen and oxygen atoms in total. The maximum atomic E-state index is 13.4. The first-order chi connectivity index (χ1) is 8.66. The molecule has 0 unspecified atom stereocenters. The molecule has 3 rings (SSSR count). The quantitative estimate of drug-likeness (QED) is 0.662. The smallest absolute Gasteiger partial charge is 0.187 e. The largest absolute Gasteiger partial charge is 0.396 e. The molecule has 0 bridgehead atoms. The van der Waals surface area contributed by atoms with Crippen LogP contribution in [0.3, 0.4) is 0 Å². The summed E-state index contributed by atoms with van der Waals surface area (Å²) in [6.45, 7) is 1.86. The van der Waals surface area contributed by atoms with Crippen molar-refractivity contribution in [3.8, 4) is 11.4 Å². The molecule has 90 valence electrons. The minimum Gasteiger partial charge on any atom is -0.396 e. The molecule has 0 fully saturated rings. The first kappa shape index (κ1) is 10.6. The number of halogens is 1. The molecule has 0 saturated heterocycles. The molecule has 2 heterocycles. The first-order valence-electron chi connectivity index (χ1n) is 5.40. The second-order valence-corrected chi connectivity index (χ2v) is 3.97. The highest BCUT2D eigenvalue weighted by Crippen LogP contribution is 2.26. The molecule has 3 aromatic rings. The van der Waals surface area contributed by atoms with E-state index in [1.807, 2.05) is 13.0 Å². The van der Waals surface area contributed by atoms with Crippen molar-refractivity contribution in [2.75, 3.05) is 5.73 Å². The fraction of sp³-hybridized carbons (Fsp3) is 0.0833. The Balaban J connectivity index is 2.32. The normalized spacial score (nSPS) is 11.0. The van der Waals surface area contributed by atoms with Crippen LogP contribution in [-0.2, 0) is 0 Å². The SMILES string of the molecule is Cc1ccc2nnc(-c3cccc(F)c3N)n2n1. The Morgan fingerprint density at radius 2 is 2.00 bits per heavy atom. The third kappa shape index (κ3) is 1.50. The average Bonchev–Trinajstić information content (AvgIpc) is 2.75. The lowest BCUT2D eigenvalue weighted by molar-refractivity contribution is 0.632. The highest BCUT2D eigenvalue weighted by molar-refractivity contribution is 5.73. The van der Waals surface area contributed by atoms with Gasteiger partial charge in [-0.2, -0.15) is 9.61 Å². The van der Waals surface area contributed by atoms with E-state index in [1.165, 1.54) is 6.07 Å². The number of hydrogen-bond acceptors (Lipinski definition) is 4. The van der Waals surface area contributed by atoms with Crippen LogP contribution in [-0.4, -0.2) is 19.8 Å². The minimum absolute atomic E-state index is 0.0510. The average molecular weight is 243 g/mol. The van der Waals surface area contributed by atoms with Crippen LogP contribution in [0.15, 0.2) is 30.3 Å². The zero-order valence-corrected chi connectivity index (χ0v) is 9.63. The van der Waals surface area contributed by atoms with Crippen molar-refractivity contribution >= 4 is 11.3 Å². The van der Waals surface area contributed by atoms with Gasteiger partial charge in [0, 0.05) is 5.56 Å². The number of para-hydroxylation sites is 1. The topological polar surface area (TPSA) is 69.1 Å². The van der Waals surface area contributed by atoms with Gasteiger partial charge in [0.15, 0.2) is 11.5 Å². The minimum atomic E-state index is -0.475. The van der Waals surface area contributed by atoms with E-state index in [9.17, 15) is 4.39 Å². The molecular weight excluding hydrogens is 233 g/mol. The number of nitrogens with two attached hydrogens (primary N) is 1. The first-order valence-corrected chi connectivity index (χ1v) is 5.40. The van der Waals surface area contributed by atoms with Crippen LogP contribution in [0.4, 0.5) is 10.1 Å². The van der Waals surface area contributed by atoms with Crippen LogP contribution in [0.1, 0.15) is 5.69 Å². The Morgan fingerprint density at radius 3 is 2.83 bits per heavy atom. The Hall–Kier alpha value is -2.50. The van der Waals surface area contributed by atoms with Gasteiger partial charge in [0.1, 0.15) is 5.82 Å². The van der Waals surface area contributed by atoms with Gasteiger partial charge in [-0.15, -0.1) is 10.2 Å². The maximum Gasteiger partial charge on any atom is 0.187 e. The summed E-state index contributed by atoms with van der Waals surface area (Å²) >= 11 is 0. The molecule has 0 amide bonds. The van der Waals surface area contributed by atoms with E-state index in [0.29, 0.717) is 17.0 Å². The molecule has 18 heavy (non-hydrogen) atoms. The van der Waals surface area contributed by atoms with Gasteiger partial charge in [0.25, 0.3) is 0 Å². The van der Waals surface area contributed by atoms with E-state index in [-0.39, 0.29) is 5.69 Å². The van der Waals surface area contributed by atoms with Crippen molar-refractivity contribution in [3.63, 3.8) is 0 Å². The van der Waals surface area contributed by atoms with E-state index in [4.69, 9.17) is 5.73 Å². The number of aromatic nitrogens is 4. The zero-order chi connectivity index (χ0) is 12.7. The van der Waals surface area contributed by atoms with Gasteiger partial charge in [-0.05, 0) is 31.2 Å². The van der Waals surface area contributed by atoms with E-state index in [1.54, 1.807) is 22.7 Å². The maximum absolute atomic E-state index is 13.4.